The van der Waals surface area contributed by atoms with E-state index in [1.165, 1.54) is 0 Å². The van der Waals surface area contributed by atoms with E-state index in [1.807, 2.05) is 25.1 Å². The van der Waals surface area contributed by atoms with Gasteiger partial charge >= 0.3 is 0 Å². The topological polar surface area (TPSA) is 66.1 Å². The van der Waals surface area contributed by atoms with Gasteiger partial charge in [0.2, 0.25) is 10.0 Å². The second kappa shape index (κ2) is 5.61. The Morgan fingerprint density at radius 3 is 2.81 bits per heavy atom. The number of sulfonamides is 1. The van der Waals surface area contributed by atoms with Gasteiger partial charge in [-0.15, -0.1) is 0 Å². The summed E-state index contributed by atoms with van der Waals surface area (Å²) in [6.07, 6.45) is 3.57. The van der Waals surface area contributed by atoms with Crippen molar-refractivity contribution in [2.45, 2.75) is 30.6 Å². The van der Waals surface area contributed by atoms with E-state index in [0.29, 0.717) is 18.0 Å². The first-order chi connectivity index (χ1) is 10.1. The lowest BCUT2D eigenvalue weighted by Gasteiger charge is -2.31. The normalized spacial score (nSPS) is 20.5. The maximum absolute atomic E-state index is 12.8. The molecule has 0 aliphatic carbocycles. The minimum atomic E-state index is -3.42. The summed E-state index contributed by atoms with van der Waals surface area (Å²) in [6, 6.07) is 9.08. The number of nitrogens with zero attached hydrogens (tertiary/aromatic N) is 2. The highest BCUT2D eigenvalue weighted by molar-refractivity contribution is 7.89. The summed E-state index contributed by atoms with van der Waals surface area (Å²) in [5.41, 5.74) is 1.81. The Labute approximate surface area is 125 Å². The first-order valence-electron chi connectivity index (χ1n) is 7.14. The molecule has 1 unspecified atom stereocenters. The standard InChI is InChI=1S/C15H19N3O2S/c1-12-5-2-3-7-15(12)21(19,20)18-10-4-6-13(11-18)14-8-9-16-17-14/h2-3,5,7-9,13H,4,6,10-11H2,1H3,(H,16,17). The molecule has 5 nitrogen and oxygen atoms in total. The van der Waals surface area contributed by atoms with Gasteiger partial charge in [-0.2, -0.15) is 9.40 Å². The van der Waals surface area contributed by atoms with Crippen molar-refractivity contribution in [1.29, 1.82) is 0 Å². The molecule has 1 atom stereocenters. The number of aromatic nitrogens is 2. The van der Waals surface area contributed by atoms with Crippen LogP contribution in [0.25, 0.3) is 0 Å². The van der Waals surface area contributed by atoms with Gasteiger partial charge < -0.3 is 0 Å². The fourth-order valence-corrected chi connectivity index (χ4v) is 4.64. The smallest absolute Gasteiger partial charge is 0.243 e. The van der Waals surface area contributed by atoms with Gasteiger partial charge in [-0.3, -0.25) is 5.10 Å². The third kappa shape index (κ3) is 2.73. The summed E-state index contributed by atoms with van der Waals surface area (Å²) < 4.78 is 27.2. The largest absolute Gasteiger partial charge is 0.282 e. The molecule has 3 rings (SSSR count). The van der Waals surface area contributed by atoms with E-state index in [2.05, 4.69) is 10.2 Å². The van der Waals surface area contributed by atoms with Gasteiger partial charge in [-0.25, -0.2) is 8.42 Å². The van der Waals surface area contributed by atoms with Gasteiger partial charge in [-0.1, -0.05) is 18.2 Å². The number of aromatic amines is 1. The molecule has 0 saturated carbocycles. The third-order valence-electron chi connectivity index (χ3n) is 4.06. The zero-order valence-electron chi connectivity index (χ0n) is 12.0. The fourth-order valence-electron chi connectivity index (χ4n) is 2.89. The summed E-state index contributed by atoms with van der Waals surface area (Å²) in [5.74, 6) is 0.194. The molecule has 0 spiro atoms. The number of piperidine rings is 1. The summed E-state index contributed by atoms with van der Waals surface area (Å²) >= 11 is 0. The van der Waals surface area contributed by atoms with Crippen LogP contribution in [0.4, 0.5) is 0 Å². The highest BCUT2D eigenvalue weighted by Gasteiger charge is 2.31. The molecule has 1 saturated heterocycles. The van der Waals surface area contributed by atoms with Crippen molar-refractivity contribution < 1.29 is 8.42 Å². The van der Waals surface area contributed by atoms with Crippen LogP contribution < -0.4 is 0 Å². The summed E-state index contributed by atoms with van der Waals surface area (Å²) in [5, 5.41) is 6.92. The first-order valence-corrected chi connectivity index (χ1v) is 8.58. The summed E-state index contributed by atoms with van der Waals surface area (Å²) in [7, 11) is -3.42. The SMILES string of the molecule is Cc1ccccc1S(=O)(=O)N1CCCC(c2ccn[nH]2)C1. The van der Waals surface area contributed by atoms with Crippen molar-refractivity contribution in [3.63, 3.8) is 0 Å². The number of nitrogens with one attached hydrogen (secondary N) is 1. The molecule has 0 amide bonds. The average molecular weight is 305 g/mol. The molecule has 21 heavy (non-hydrogen) atoms. The van der Waals surface area contributed by atoms with Gasteiger partial charge in [0.25, 0.3) is 0 Å². The lowest BCUT2D eigenvalue weighted by Crippen LogP contribution is -2.39. The van der Waals surface area contributed by atoms with Crippen molar-refractivity contribution in [2.24, 2.45) is 0 Å². The highest BCUT2D eigenvalue weighted by atomic mass is 32.2. The lowest BCUT2D eigenvalue weighted by molar-refractivity contribution is 0.312. The maximum atomic E-state index is 12.8. The fraction of sp³-hybridized carbons (Fsp3) is 0.400. The Kier molecular flexibility index (Phi) is 3.82. The van der Waals surface area contributed by atoms with Gasteiger partial charge in [0, 0.05) is 30.9 Å². The zero-order valence-corrected chi connectivity index (χ0v) is 12.8. The Hall–Kier alpha value is -1.66. The maximum Gasteiger partial charge on any atom is 0.243 e. The monoisotopic (exact) mass is 305 g/mol. The van der Waals surface area contributed by atoms with E-state index in [4.69, 9.17) is 0 Å². The van der Waals surface area contributed by atoms with Crippen LogP contribution in [0.5, 0.6) is 0 Å². The second-order valence-electron chi connectivity index (χ2n) is 5.48. The van der Waals surface area contributed by atoms with Crippen LogP contribution in [0.1, 0.15) is 30.0 Å². The highest BCUT2D eigenvalue weighted by Crippen LogP contribution is 2.29. The summed E-state index contributed by atoms with van der Waals surface area (Å²) in [4.78, 5) is 0.412. The predicted molar refractivity (Wildman–Crippen MR) is 80.5 cm³/mol. The van der Waals surface area contributed by atoms with E-state index < -0.39 is 10.0 Å². The molecule has 6 heteroatoms. The molecular weight excluding hydrogens is 286 g/mol. The minimum Gasteiger partial charge on any atom is -0.282 e. The molecular formula is C15H19N3O2S. The number of H-pyrrole nitrogens is 1. The third-order valence-corrected chi connectivity index (χ3v) is 6.08. The van der Waals surface area contributed by atoms with Crippen molar-refractivity contribution in [3.05, 3.63) is 47.8 Å². The molecule has 1 aromatic heterocycles. The molecule has 0 radical (unpaired) electrons. The molecule has 1 aliphatic rings. The Morgan fingerprint density at radius 2 is 2.10 bits per heavy atom. The molecule has 1 aliphatic heterocycles. The predicted octanol–water partition coefficient (Wildman–Crippen LogP) is 2.29. The number of hydrogen-bond acceptors (Lipinski definition) is 3. The second-order valence-corrected chi connectivity index (χ2v) is 7.39. The van der Waals surface area contributed by atoms with E-state index >= 15 is 0 Å². The Morgan fingerprint density at radius 1 is 1.29 bits per heavy atom. The molecule has 112 valence electrons. The number of aryl methyl sites for hydroxylation is 1. The van der Waals surface area contributed by atoms with Crippen molar-refractivity contribution in [1.82, 2.24) is 14.5 Å². The zero-order chi connectivity index (χ0) is 14.9. The van der Waals surface area contributed by atoms with Crippen molar-refractivity contribution >= 4 is 10.0 Å². The minimum absolute atomic E-state index is 0.194. The van der Waals surface area contributed by atoms with Crippen molar-refractivity contribution in [2.75, 3.05) is 13.1 Å². The van der Waals surface area contributed by atoms with Crippen LogP contribution in [-0.2, 0) is 10.0 Å². The molecule has 1 aromatic carbocycles. The molecule has 1 N–H and O–H groups in total. The van der Waals surface area contributed by atoms with E-state index in [9.17, 15) is 8.42 Å². The van der Waals surface area contributed by atoms with Gasteiger partial charge in [0.15, 0.2) is 0 Å². The average Bonchev–Trinajstić information content (AvgIpc) is 3.02. The van der Waals surface area contributed by atoms with Crippen LogP contribution in [0.15, 0.2) is 41.4 Å². The lowest BCUT2D eigenvalue weighted by atomic mass is 9.96. The Balaban J connectivity index is 1.88. The van der Waals surface area contributed by atoms with Crippen LogP contribution in [-0.4, -0.2) is 36.0 Å². The van der Waals surface area contributed by atoms with Gasteiger partial charge in [0.1, 0.15) is 0 Å². The van der Waals surface area contributed by atoms with Crippen molar-refractivity contribution in [3.8, 4) is 0 Å². The van der Waals surface area contributed by atoms with Crippen LogP contribution in [0.2, 0.25) is 0 Å². The van der Waals surface area contributed by atoms with Crippen LogP contribution >= 0.6 is 0 Å². The summed E-state index contributed by atoms with van der Waals surface area (Å²) in [6.45, 7) is 2.93. The van der Waals surface area contributed by atoms with Crippen LogP contribution in [0, 0.1) is 6.92 Å². The van der Waals surface area contributed by atoms with Crippen LogP contribution in [0.3, 0.4) is 0 Å². The van der Waals surface area contributed by atoms with E-state index in [0.717, 1.165) is 24.1 Å². The number of benzene rings is 1. The Bertz CT molecular complexity index is 710. The molecule has 1 fully saturated rings. The van der Waals surface area contributed by atoms with E-state index in [-0.39, 0.29) is 5.92 Å². The number of hydrogen-bond donors (Lipinski definition) is 1. The number of rotatable bonds is 3. The van der Waals surface area contributed by atoms with Gasteiger partial charge in [0.05, 0.1) is 4.90 Å². The molecule has 0 bridgehead atoms. The van der Waals surface area contributed by atoms with Gasteiger partial charge in [-0.05, 0) is 37.5 Å². The van der Waals surface area contributed by atoms with E-state index in [1.54, 1.807) is 22.6 Å². The molecule has 2 aromatic rings. The quantitative estimate of drug-likeness (QED) is 0.946. The molecule has 2 heterocycles. The first kappa shape index (κ1) is 14.3.